The summed E-state index contributed by atoms with van der Waals surface area (Å²) in [6.07, 6.45) is 8.34. The molecule has 0 bridgehead atoms. The van der Waals surface area contributed by atoms with Crippen molar-refractivity contribution in [2.24, 2.45) is 22.7 Å². The highest BCUT2D eigenvalue weighted by Crippen LogP contribution is 2.49. The van der Waals surface area contributed by atoms with E-state index < -0.39 is 0 Å². The molecule has 0 aromatic carbocycles. The van der Waals surface area contributed by atoms with Crippen LogP contribution >= 0.6 is 0 Å². The summed E-state index contributed by atoms with van der Waals surface area (Å²) in [4.78, 5) is 4.82. The summed E-state index contributed by atoms with van der Waals surface area (Å²) in [6, 6.07) is 3.95. The number of nitrogens with one attached hydrogen (secondary N) is 2. The summed E-state index contributed by atoms with van der Waals surface area (Å²) < 4.78 is 5.35. The molecule has 4 heteroatoms. The molecule has 2 aliphatic rings. The van der Waals surface area contributed by atoms with Gasteiger partial charge in [-0.2, -0.15) is 0 Å². The maximum atomic E-state index is 5.35. The van der Waals surface area contributed by atoms with E-state index in [1.807, 2.05) is 12.1 Å². The molecule has 2 saturated carbocycles. The van der Waals surface area contributed by atoms with Crippen LogP contribution in [0.15, 0.2) is 27.8 Å². The van der Waals surface area contributed by atoms with Gasteiger partial charge in [0.2, 0.25) is 0 Å². The second-order valence-corrected chi connectivity index (χ2v) is 6.31. The van der Waals surface area contributed by atoms with Gasteiger partial charge in [-0.3, -0.25) is 4.99 Å². The van der Waals surface area contributed by atoms with Crippen molar-refractivity contribution < 1.29 is 4.42 Å². The second-order valence-electron chi connectivity index (χ2n) is 6.31. The van der Waals surface area contributed by atoms with Gasteiger partial charge in [-0.25, -0.2) is 0 Å². The number of nitrogens with zero attached hydrogens (tertiary/aromatic N) is 1. The molecular weight excluding hydrogens is 262 g/mol. The third-order valence-corrected chi connectivity index (χ3v) is 4.50. The van der Waals surface area contributed by atoms with Gasteiger partial charge < -0.3 is 15.1 Å². The lowest BCUT2D eigenvalue weighted by Crippen LogP contribution is -2.38. The molecule has 0 unspecified atom stereocenters. The first-order valence-electron chi connectivity index (χ1n) is 8.41. The second kappa shape index (κ2) is 7.01. The fourth-order valence-electron chi connectivity index (χ4n) is 3.03. The van der Waals surface area contributed by atoms with E-state index in [2.05, 4.69) is 17.6 Å². The topological polar surface area (TPSA) is 49.6 Å². The number of guanidine groups is 1. The van der Waals surface area contributed by atoms with Gasteiger partial charge in [0, 0.05) is 26.1 Å². The average Bonchev–Trinajstić information content (AvgIpc) is 3.41. The molecule has 1 aromatic heterocycles. The Hall–Kier alpha value is -1.45. The van der Waals surface area contributed by atoms with Crippen molar-refractivity contribution in [2.45, 2.75) is 39.0 Å². The molecular formula is C17H27N3O. The van der Waals surface area contributed by atoms with Crippen LogP contribution in [0.3, 0.4) is 0 Å². The highest BCUT2D eigenvalue weighted by Gasteiger charge is 2.41. The zero-order valence-electron chi connectivity index (χ0n) is 13.0. The van der Waals surface area contributed by atoms with E-state index in [1.54, 1.807) is 6.26 Å². The van der Waals surface area contributed by atoms with Crippen molar-refractivity contribution in [1.82, 2.24) is 10.6 Å². The Morgan fingerprint density at radius 2 is 2.05 bits per heavy atom. The van der Waals surface area contributed by atoms with Crippen molar-refractivity contribution >= 4 is 5.96 Å². The smallest absolute Gasteiger partial charge is 0.191 e. The summed E-state index contributed by atoms with van der Waals surface area (Å²) in [5.74, 6) is 4.74. The van der Waals surface area contributed by atoms with E-state index >= 15 is 0 Å². The van der Waals surface area contributed by atoms with E-state index in [9.17, 15) is 0 Å². The molecule has 3 rings (SSSR count). The predicted molar refractivity (Wildman–Crippen MR) is 85.3 cm³/mol. The highest BCUT2D eigenvalue weighted by molar-refractivity contribution is 5.79. The van der Waals surface area contributed by atoms with Crippen LogP contribution in [0.1, 0.15) is 38.4 Å². The van der Waals surface area contributed by atoms with Crippen molar-refractivity contribution in [1.29, 1.82) is 0 Å². The van der Waals surface area contributed by atoms with Crippen LogP contribution in [0.2, 0.25) is 0 Å². The minimum Gasteiger partial charge on any atom is -0.469 e. The fourth-order valence-corrected chi connectivity index (χ4v) is 3.03. The van der Waals surface area contributed by atoms with Gasteiger partial charge in [0.25, 0.3) is 0 Å². The van der Waals surface area contributed by atoms with E-state index in [0.717, 1.165) is 55.5 Å². The van der Waals surface area contributed by atoms with Crippen LogP contribution in [-0.2, 0) is 6.42 Å². The van der Waals surface area contributed by atoms with Crippen LogP contribution in [0.4, 0.5) is 0 Å². The van der Waals surface area contributed by atoms with Gasteiger partial charge in [-0.1, -0.05) is 0 Å². The highest BCUT2D eigenvalue weighted by atomic mass is 16.3. The van der Waals surface area contributed by atoms with Crippen LogP contribution in [0.25, 0.3) is 0 Å². The normalized spacial score (nSPS) is 19.0. The Morgan fingerprint density at radius 1 is 1.29 bits per heavy atom. The zero-order chi connectivity index (χ0) is 14.5. The molecule has 0 saturated heterocycles. The van der Waals surface area contributed by atoms with Gasteiger partial charge in [-0.15, -0.1) is 0 Å². The molecule has 0 atom stereocenters. The Kier molecular flexibility index (Phi) is 4.84. The average molecular weight is 289 g/mol. The molecule has 116 valence electrons. The lowest BCUT2D eigenvalue weighted by Gasteiger charge is -2.15. The van der Waals surface area contributed by atoms with Gasteiger partial charge in [0.1, 0.15) is 5.76 Å². The predicted octanol–water partition coefficient (Wildman–Crippen LogP) is 2.81. The van der Waals surface area contributed by atoms with Gasteiger partial charge >= 0.3 is 0 Å². The summed E-state index contributed by atoms with van der Waals surface area (Å²) >= 11 is 0. The summed E-state index contributed by atoms with van der Waals surface area (Å²) in [7, 11) is 0. The quantitative estimate of drug-likeness (QED) is 0.571. The minimum atomic E-state index is 0.838. The van der Waals surface area contributed by atoms with E-state index in [1.165, 1.54) is 25.7 Å². The molecule has 0 amide bonds. The monoisotopic (exact) mass is 289 g/mol. The lowest BCUT2D eigenvalue weighted by molar-refractivity contribution is 0.417. The maximum Gasteiger partial charge on any atom is 0.191 e. The molecule has 2 aliphatic carbocycles. The maximum absolute atomic E-state index is 5.35. The first kappa shape index (κ1) is 14.5. The first-order valence-corrected chi connectivity index (χ1v) is 8.41. The SMILES string of the molecule is CCNC(=NCC(C1CC1)C1CC1)NCCc1ccco1. The molecule has 0 aliphatic heterocycles. The number of hydrogen-bond donors (Lipinski definition) is 2. The van der Waals surface area contributed by atoms with E-state index in [4.69, 9.17) is 9.41 Å². The number of aliphatic imine (C=N–C) groups is 1. The summed E-state index contributed by atoms with van der Waals surface area (Å²) in [5, 5.41) is 6.76. The Labute approximate surface area is 127 Å². The zero-order valence-corrected chi connectivity index (χ0v) is 13.0. The molecule has 2 N–H and O–H groups in total. The molecule has 0 spiro atoms. The first-order chi connectivity index (χ1) is 10.4. The molecule has 2 fully saturated rings. The fraction of sp³-hybridized carbons (Fsp3) is 0.706. The standard InChI is InChI=1S/C17H27N3O/c1-2-18-17(19-10-9-15-4-3-11-21-15)20-12-16(13-5-6-13)14-7-8-14/h3-4,11,13-14,16H,2,5-10,12H2,1H3,(H2,18,19,20). The number of furan rings is 1. The molecule has 0 radical (unpaired) electrons. The Balaban J connectivity index is 1.46. The van der Waals surface area contributed by atoms with Gasteiger partial charge in [0.05, 0.1) is 6.26 Å². The Bertz CT molecular complexity index is 435. The third kappa shape index (κ3) is 4.51. The van der Waals surface area contributed by atoms with E-state index in [0.29, 0.717) is 0 Å². The molecule has 1 aromatic rings. The third-order valence-electron chi connectivity index (χ3n) is 4.50. The van der Waals surface area contributed by atoms with Crippen molar-refractivity contribution in [3.8, 4) is 0 Å². The number of rotatable bonds is 8. The lowest BCUT2D eigenvalue weighted by atomic mass is 9.98. The van der Waals surface area contributed by atoms with Gasteiger partial charge in [0.15, 0.2) is 5.96 Å². The molecule has 4 nitrogen and oxygen atoms in total. The number of hydrogen-bond acceptors (Lipinski definition) is 2. The molecule has 1 heterocycles. The van der Waals surface area contributed by atoms with Crippen molar-refractivity contribution in [3.05, 3.63) is 24.2 Å². The van der Waals surface area contributed by atoms with Crippen LogP contribution in [0, 0.1) is 17.8 Å². The summed E-state index contributed by atoms with van der Waals surface area (Å²) in [5.41, 5.74) is 0. The van der Waals surface area contributed by atoms with Crippen LogP contribution < -0.4 is 10.6 Å². The largest absolute Gasteiger partial charge is 0.469 e. The van der Waals surface area contributed by atoms with Crippen LogP contribution in [-0.4, -0.2) is 25.6 Å². The van der Waals surface area contributed by atoms with E-state index in [-0.39, 0.29) is 0 Å². The van der Waals surface area contributed by atoms with Gasteiger partial charge in [-0.05, 0) is 62.5 Å². The summed E-state index contributed by atoms with van der Waals surface area (Å²) in [6.45, 7) is 4.87. The van der Waals surface area contributed by atoms with Crippen molar-refractivity contribution in [2.75, 3.05) is 19.6 Å². The van der Waals surface area contributed by atoms with Crippen molar-refractivity contribution in [3.63, 3.8) is 0 Å². The Morgan fingerprint density at radius 3 is 2.62 bits per heavy atom. The minimum absolute atomic E-state index is 0.838. The van der Waals surface area contributed by atoms with Crippen LogP contribution in [0.5, 0.6) is 0 Å². The molecule has 21 heavy (non-hydrogen) atoms.